The van der Waals surface area contributed by atoms with Crippen molar-refractivity contribution in [3.05, 3.63) is 63.9 Å². The molecule has 3 heterocycles. The summed E-state index contributed by atoms with van der Waals surface area (Å²) >= 11 is 5.92. The predicted octanol–water partition coefficient (Wildman–Crippen LogP) is 3.82. The van der Waals surface area contributed by atoms with Crippen molar-refractivity contribution in [3.63, 3.8) is 0 Å². The third-order valence-corrected chi connectivity index (χ3v) is 4.27. The summed E-state index contributed by atoms with van der Waals surface area (Å²) in [6.07, 6.45) is -3.46. The number of fused-ring (bicyclic) bond motifs is 1. The van der Waals surface area contributed by atoms with E-state index in [9.17, 15) is 18.0 Å². The van der Waals surface area contributed by atoms with Crippen LogP contribution in [0.3, 0.4) is 0 Å². The first-order valence-electron chi connectivity index (χ1n) is 8.25. The number of ether oxygens (including phenoxy) is 1. The van der Waals surface area contributed by atoms with Crippen LogP contribution in [0.15, 0.2) is 47.5 Å². The zero-order chi connectivity index (χ0) is 21.5. The van der Waals surface area contributed by atoms with Crippen LogP contribution in [0, 0.1) is 0 Å². The lowest BCUT2D eigenvalue weighted by molar-refractivity contribution is -0.141. The van der Waals surface area contributed by atoms with Crippen LogP contribution in [0.4, 0.5) is 19.0 Å². The fraction of sp³-hybridized carbons (Fsp3) is 0.0556. The number of H-pyrrole nitrogens is 1. The third kappa shape index (κ3) is 3.74. The number of hydrogen-bond acceptors (Lipinski definition) is 7. The van der Waals surface area contributed by atoms with Gasteiger partial charge >= 0.3 is 6.18 Å². The van der Waals surface area contributed by atoms with Gasteiger partial charge in [0.15, 0.2) is 11.6 Å². The lowest BCUT2D eigenvalue weighted by Gasteiger charge is -2.10. The molecular weight excluding hydrogens is 425 g/mol. The maximum atomic E-state index is 12.8. The molecule has 3 N–H and O–H groups in total. The summed E-state index contributed by atoms with van der Waals surface area (Å²) in [6.45, 7) is 0. The van der Waals surface area contributed by atoms with Crippen molar-refractivity contribution in [3.8, 4) is 22.9 Å². The first-order valence-corrected chi connectivity index (χ1v) is 8.63. The Morgan fingerprint density at radius 3 is 2.63 bits per heavy atom. The lowest BCUT2D eigenvalue weighted by atomic mass is 10.2. The molecular formula is C18H10ClF3N6O2. The molecule has 12 heteroatoms. The van der Waals surface area contributed by atoms with E-state index in [0.717, 1.165) is 18.5 Å². The fourth-order valence-electron chi connectivity index (χ4n) is 2.62. The monoisotopic (exact) mass is 434 g/mol. The second kappa shape index (κ2) is 7.26. The third-order valence-electron chi connectivity index (χ3n) is 3.98. The van der Waals surface area contributed by atoms with Crippen LogP contribution < -0.4 is 16.0 Å². The molecule has 4 aromatic rings. The second-order valence-electron chi connectivity index (χ2n) is 5.98. The predicted molar refractivity (Wildman–Crippen MR) is 102 cm³/mol. The molecule has 0 bridgehead atoms. The van der Waals surface area contributed by atoms with E-state index in [0.29, 0.717) is 11.0 Å². The summed E-state index contributed by atoms with van der Waals surface area (Å²) < 4.78 is 44.1. The van der Waals surface area contributed by atoms with Gasteiger partial charge in [0.05, 0.1) is 11.2 Å². The quantitative estimate of drug-likeness (QED) is 0.470. The van der Waals surface area contributed by atoms with Gasteiger partial charge in [-0.05, 0) is 24.3 Å². The Morgan fingerprint density at radius 1 is 1.10 bits per heavy atom. The van der Waals surface area contributed by atoms with E-state index in [1.165, 1.54) is 6.07 Å². The molecule has 0 aliphatic rings. The van der Waals surface area contributed by atoms with Gasteiger partial charge in [0, 0.05) is 11.6 Å². The number of pyridine rings is 1. The summed E-state index contributed by atoms with van der Waals surface area (Å²) in [5.74, 6) is 0.0799. The Morgan fingerprint density at radius 2 is 1.90 bits per heavy atom. The molecule has 4 rings (SSSR count). The molecule has 0 fully saturated rings. The first kappa shape index (κ1) is 19.6. The van der Waals surface area contributed by atoms with Crippen LogP contribution in [0.2, 0.25) is 5.15 Å². The van der Waals surface area contributed by atoms with E-state index >= 15 is 0 Å². The maximum absolute atomic E-state index is 12.8. The molecule has 0 saturated carbocycles. The van der Waals surface area contributed by atoms with Crippen LogP contribution in [-0.2, 0) is 6.18 Å². The van der Waals surface area contributed by atoms with E-state index in [1.807, 2.05) is 0 Å². The van der Waals surface area contributed by atoms with Gasteiger partial charge in [0.2, 0.25) is 5.88 Å². The number of nitrogen functional groups attached to an aromatic ring is 1. The molecule has 8 nitrogen and oxygen atoms in total. The van der Waals surface area contributed by atoms with Crippen LogP contribution in [-0.4, -0.2) is 24.9 Å². The van der Waals surface area contributed by atoms with Crippen molar-refractivity contribution in [1.82, 2.24) is 24.9 Å². The van der Waals surface area contributed by atoms with Gasteiger partial charge in [-0.1, -0.05) is 17.7 Å². The van der Waals surface area contributed by atoms with Crippen LogP contribution in [0.25, 0.3) is 22.3 Å². The Kier molecular flexibility index (Phi) is 4.74. The number of para-hydroxylation sites is 1. The van der Waals surface area contributed by atoms with E-state index < -0.39 is 17.4 Å². The van der Waals surface area contributed by atoms with Gasteiger partial charge in [-0.25, -0.2) is 19.9 Å². The Labute approximate surface area is 170 Å². The van der Waals surface area contributed by atoms with Crippen LogP contribution in [0.5, 0.6) is 11.6 Å². The molecule has 1 aromatic carbocycles. The Hall–Kier alpha value is -3.73. The van der Waals surface area contributed by atoms with E-state index in [1.54, 1.807) is 18.2 Å². The zero-order valence-corrected chi connectivity index (χ0v) is 15.5. The van der Waals surface area contributed by atoms with Crippen molar-refractivity contribution in [2.75, 3.05) is 5.73 Å². The number of anilines is 1. The number of nitrogens with one attached hydrogen (secondary N) is 1. The van der Waals surface area contributed by atoms with Gasteiger partial charge in [-0.15, -0.1) is 0 Å². The molecule has 0 saturated heterocycles. The summed E-state index contributed by atoms with van der Waals surface area (Å²) in [7, 11) is 0. The van der Waals surface area contributed by atoms with E-state index in [4.69, 9.17) is 22.1 Å². The smallest absolute Gasteiger partial charge is 0.433 e. The normalized spacial score (nSPS) is 11.6. The van der Waals surface area contributed by atoms with Crippen LogP contribution >= 0.6 is 11.6 Å². The van der Waals surface area contributed by atoms with Gasteiger partial charge in [-0.3, -0.25) is 4.79 Å². The highest BCUT2D eigenvalue weighted by molar-refractivity contribution is 6.32. The summed E-state index contributed by atoms with van der Waals surface area (Å²) in [5.41, 5.74) is 4.98. The highest BCUT2D eigenvalue weighted by Crippen LogP contribution is 2.33. The summed E-state index contributed by atoms with van der Waals surface area (Å²) in [5, 5.41) is -0.369. The molecule has 152 valence electrons. The molecule has 30 heavy (non-hydrogen) atoms. The van der Waals surface area contributed by atoms with Crippen molar-refractivity contribution in [2.45, 2.75) is 6.18 Å². The largest absolute Gasteiger partial charge is 0.437 e. The summed E-state index contributed by atoms with van der Waals surface area (Å²) in [4.78, 5) is 29.6. The molecule has 3 aromatic heterocycles. The summed E-state index contributed by atoms with van der Waals surface area (Å²) in [6, 6.07) is 8.18. The maximum Gasteiger partial charge on any atom is 0.433 e. The van der Waals surface area contributed by atoms with E-state index in [2.05, 4.69) is 24.9 Å². The number of aromatic nitrogens is 5. The average Bonchev–Trinajstić information content (AvgIpc) is 2.69. The zero-order valence-electron chi connectivity index (χ0n) is 14.7. The number of nitrogens with two attached hydrogens (primary N) is 1. The molecule has 0 aliphatic heterocycles. The number of rotatable bonds is 3. The van der Waals surface area contributed by atoms with E-state index in [-0.39, 0.29) is 33.9 Å². The standard InChI is InChI=1S/C18H10ClF3N6O2/c19-15-8(4-5-12(27-15)18(20,21)22)10-6-13(25-7-24-10)30-11-3-1-2-9-14(11)28-16(23)17(29)26-9/h1-7H,(H2,23,28)(H,26,29). The van der Waals surface area contributed by atoms with Crippen LogP contribution in [0.1, 0.15) is 5.69 Å². The molecule has 0 aliphatic carbocycles. The highest BCUT2D eigenvalue weighted by atomic mass is 35.5. The number of benzene rings is 1. The topological polar surface area (TPSA) is 120 Å². The van der Waals surface area contributed by atoms with Gasteiger partial charge in [0.25, 0.3) is 5.56 Å². The molecule has 0 unspecified atom stereocenters. The minimum atomic E-state index is -4.62. The Bertz CT molecular complexity index is 1330. The molecule has 0 amide bonds. The van der Waals surface area contributed by atoms with Gasteiger partial charge < -0.3 is 15.5 Å². The van der Waals surface area contributed by atoms with Gasteiger partial charge in [-0.2, -0.15) is 13.2 Å². The van der Waals surface area contributed by atoms with Crippen molar-refractivity contribution in [2.24, 2.45) is 0 Å². The number of nitrogens with zero attached hydrogens (tertiary/aromatic N) is 4. The first-order chi connectivity index (χ1) is 14.2. The van der Waals surface area contributed by atoms with Gasteiger partial charge in [0.1, 0.15) is 22.7 Å². The highest BCUT2D eigenvalue weighted by Gasteiger charge is 2.33. The Balaban J connectivity index is 1.71. The lowest BCUT2D eigenvalue weighted by Crippen LogP contribution is -2.13. The second-order valence-corrected chi connectivity index (χ2v) is 6.34. The molecule has 0 radical (unpaired) electrons. The molecule has 0 atom stereocenters. The average molecular weight is 435 g/mol. The van der Waals surface area contributed by atoms with Crippen molar-refractivity contribution in [1.29, 1.82) is 0 Å². The fourth-order valence-corrected chi connectivity index (χ4v) is 2.87. The van der Waals surface area contributed by atoms with Crippen molar-refractivity contribution >= 4 is 28.5 Å². The minimum absolute atomic E-state index is 0.0648. The number of hydrogen-bond donors (Lipinski definition) is 2. The minimum Gasteiger partial charge on any atom is -0.437 e. The number of aromatic amines is 1. The number of alkyl halides is 3. The van der Waals surface area contributed by atoms with Crippen molar-refractivity contribution < 1.29 is 17.9 Å². The SMILES string of the molecule is Nc1nc2c(Oc3cc(-c4ccc(C(F)(F)F)nc4Cl)ncn3)cccc2[nH]c1=O. The number of halogens is 4. The molecule has 0 spiro atoms.